The summed E-state index contributed by atoms with van der Waals surface area (Å²) in [6.45, 7) is 2.16. The van der Waals surface area contributed by atoms with Crippen molar-refractivity contribution in [3.63, 3.8) is 0 Å². The Labute approximate surface area is 86.1 Å². The summed E-state index contributed by atoms with van der Waals surface area (Å²) in [7, 11) is 0. The van der Waals surface area contributed by atoms with E-state index in [-0.39, 0.29) is 5.97 Å². The Balaban J connectivity index is 2.26. The first-order chi connectivity index (χ1) is 6.72. The normalized spacial score (nSPS) is 15.5. The van der Waals surface area contributed by atoms with Crippen LogP contribution in [0, 0.1) is 0 Å². The van der Waals surface area contributed by atoms with Crippen LogP contribution in [0.5, 0.6) is 0 Å². The lowest BCUT2D eigenvalue weighted by Gasteiger charge is -1.99. The molecule has 5 heteroatoms. The van der Waals surface area contributed by atoms with Gasteiger partial charge in [0.25, 0.3) is 0 Å². The third-order valence-corrected chi connectivity index (χ3v) is 3.13. The molecule has 1 fully saturated rings. The smallest absolute Gasteiger partial charge is 0.358 e. The Bertz CT molecular complexity index is 358. The summed E-state index contributed by atoms with van der Waals surface area (Å²) >= 11 is 1.40. The zero-order valence-electron chi connectivity index (χ0n) is 7.95. The molecule has 14 heavy (non-hydrogen) atoms. The zero-order valence-corrected chi connectivity index (χ0v) is 8.76. The molecule has 0 amide bonds. The average molecular weight is 212 g/mol. The van der Waals surface area contributed by atoms with Crippen LogP contribution in [0.25, 0.3) is 0 Å². The lowest BCUT2D eigenvalue weighted by Crippen LogP contribution is -2.07. The maximum atomic E-state index is 11.5. The second kappa shape index (κ2) is 3.57. The van der Waals surface area contributed by atoms with Gasteiger partial charge < -0.3 is 10.5 Å². The third kappa shape index (κ3) is 1.72. The molecule has 0 saturated heterocycles. The SMILES string of the molecule is CCOC(=O)c1nc(N)sc1C1CC1. The molecule has 0 aliphatic heterocycles. The number of ether oxygens (including phenoxy) is 1. The van der Waals surface area contributed by atoms with Gasteiger partial charge in [-0.25, -0.2) is 9.78 Å². The van der Waals surface area contributed by atoms with Gasteiger partial charge in [0, 0.05) is 4.88 Å². The summed E-state index contributed by atoms with van der Waals surface area (Å²) in [5.74, 6) is 0.145. The summed E-state index contributed by atoms with van der Waals surface area (Å²) in [4.78, 5) is 16.5. The molecule has 1 aromatic heterocycles. The fraction of sp³-hybridized carbons (Fsp3) is 0.556. The predicted molar refractivity (Wildman–Crippen MR) is 54.5 cm³/mol. The second-order valence-electron chi connectivity index (χ2n) is 3.26. The number of hydrogen-bond acceptors (Lipinski definition) is 5. The molecule has 0 unspecified atom stereocenters. The molecule has 0 aromatic carbocycles. The molecule has 4 nitrogen and oxygen atoms in total. The number of nitrogen functional groups attached to an aromatic ring is 1. The molecular formula is C9H12N2O2S. The Morgan fingerprint density at radius 1 is 1.71 bits per heavy atom. The van der Waals surface area contributed by atoms with Gasteiger partial charge in [-0.1, -0.05) is 0 Å². The summed E-state index contributed by atoms with van der Waals surface area (Å²) < 4.78 is 4.91. The number of carbonyl (C=O) groups excluding carboxylic acids is 1. The van der Waals surface area contributed by atoms with Gasteiger partial charge in [-0.3, -0.25) is 0 Å². The predicted octanol–water partition coefficient (Wildman–Crippen LogP) is 1.78. The summed E-state index contributed by atoms with van der Waals surface area (Å²) in [5, 5.41) is 0.454. The largest absolute Gasteiger partial charge is 0.461 e. The van der Waals surface area contributed by atoms with E-state index in [4.69, 9.17) is 10.5 Å². The van der Waals surface area contributed by atoms with E-state index in [9.17, 15) is 4.79 Å². The van der Waals surface area contributed by atoms with Crippen LogP contribution in [0.15, 0.2) is 0 Å². The van der Waals surface area contributed by atoms with Crippen molar-refractivity contribution < 1.29 is 9.53 Å². The minimum Gasteiger partial charge on any atom is -0.461 e. The first-order valence-corrected chi connectivity index (χ1v) is 5.47. The highest BCUT2D eigenvalue weighted by atomic mass is 32.1. The van der Waals surface area contributed by atoms with Crippen molar-refractivity contribution >= 4 is 22.4 Å². The number of anilines is 1. The number of hydrogen-bond donors (Lipinski definition) is 1. The average Bonchev–Trinajstić information content (AvgIpc) is 2.90. The number of carbonyl (C=O) groups is 1. The van der Waals surface area contributed by atoms with E-state index in [0.717, 1.165) is 17.7 Å². The maximum Gasteiger partial charge on any atom is 0.358 e. The van der Waals surface area contributed by atoms with Crippen molar-refractivity contribution in [3.05, 3.63) is 10.6 Å². The van der Waals surface area contributed by atoms with Gasteiger partial charge in [-0.15, -0.1) is 11.3 Å². The van der Waals surface area contributed by atoms with Crippen LogP contribution in [-0.2, 0) is 4.74 Å². The number of esters is 1. The van der Waals surface area contributed by atoms with Crippen LogP contribution in [0.3, 0.4) is 0 Å². The van der Waals surface area contributed by atoms with E-state index in [2.05, 4.69) is 4.98 Å². The number of thiazole rings is 1. The molecule has 1 aliphatic carbocycles. The maximum absolute atomic E-state index is 11.5. The quantitative estimate of drug-likeness (QED) is 0.775. The van der Waals surface area contributed by atoms with E-state index >= 15 is 0 Å². The lowest BCUT2D eigenvalue weighted by molar-refractivity contribution is 0.0519. The van der Waals surface area contributed by atoms with Gasteiger partial charge in [-0.2, -0.15) is 0 Å². The molecule has 1 saturated carbocycles. The zero-order chi connectivity index (χ0) is 10.1. The Hall–Kier alpha value is -1.10. The number of aromatic nitrogens is 1. The molecule has 2 rings (SSSR count). The molecule has 0 spiro atoms. The van der Waals surface area contributed by atoms with Crippen molar-refractivity contribution in [3.8, 4) is 0 Å². The molecule has 76 valence electrons. The van der Waals surface area contributed by atoms with Gasteiger partial charge in [0.15, 0.2) is 10.8 Å². The van der Waals surface area contributed by atoms with Crippen molar-refractivity contribution in [1.82, 2.24) is 4.98 Å². The summed E-state index contributed by atoms with van der Waals surface area (Å²) in [6.07, 6.45) is 2.27. The summed E-state index contributed by atoms with van der Waals surface area (Å²) in [6, 6.07) is 0. The molecule has 1 aromatic rings. The number of rotatable bonds is 3. The number of nitrogens with zero attached hydrogens (tertiary/aromatic N) is 1. The molecule has 2 N–H and O–H groups in total. The molecule has 0 atom stereocenters. The van der Waals surface area contributed by atoms with Crippen LogP contribution in [0.4, 0.5) is 5.13 Å². The van der Waals surface area contributed by atoms with Gasteiger partial charge in [0.05, 0.1) is 6.61 Å². The highest BCUT2D eigenvalue weighted by molar-refractivity contribution is 7.15. The van der Waals surface area contributed by atoms with E-state index in [1.165, 1.54) is 11.3 Å². The number of nitrogens with two attached hydrogens (primary N) is 1. The Morgan fingerprint density at radius 3 is 3.00 bits per heavy atom. The molecule has 0 bridgehead atoms. The highest BCUT2D eigenvalue weighted by Gasteiger charge is 2.32. The highest BCUT2D eigenvalue weighted by Crippen LogP contribution is 2.45. The van der Waals surface area contributed by atoms with Crippen molar-refractivity contribution in [2.75, 3.05) is 12.3 Å². The van der Waals surface area contributed by atoms with Crippen LogP contribution >= 0.6 is 11.3 Å². The molecule has 1 aliphatic rings. The van der Waals surface area contributed by atoms with E-state index in [0.29, 0.717) is 23.4 Å². The van der Waals surface area contributed by atoms with E-state index in [1.54, 1.807) is 6.92 Å². The minimum absolute atomic E-state index is 0.345. The lowest BCUT2D eigenvalue weighted by atomic mass is 10.3. The third-order valence-electron chi connectivity index (χ3n) is 2.09. The first kappa shape index (κ1) is 9.45. The minimum atomic E-state index is -0.345. The second-order valence-corrected chi connectivity index (χ2v) is 4.32. The van der Waals surface area contributed by atoms with Crippen LogP contribution in [-0.4, -0.2) is 17.6 Å². The fourth-order valence-corrected chi connectivity index (χ4v) is 2.31. The standard InChI is InChI=1S/C9H12N2O2S/c1-2-13-8(12)6-7(5-3-4-5)14-9(10)11-6/h5H,2-4H2,1H3,(H2,10,11). The summed E-state index contributed by atoms with van der Waals surface area (Å²) in [5.41, 5.74) is 6.01. The van der Waals surface area contributed by atoms with Crippen LogP contribution < -0.4 is 5.73 Å². The van der Waals surface area contributed by atoms with Gasteiger partial charge in [0.1, 0.15) is 0 Å². The topological polar surface area (TPSA) is 65.2 Å². The molecule has 0 radical (unpaired) electrons. The van der Waals surface area contributed by atoms with E-state index in [1.807, 2.05) is 0 Å². The van der Waals surface area contributed by atoms with E-state index < -0.39 is 0 Å². The Morgan fingerprint density at radius 2 is 2.43 bits per heavy atom. The van der Waals surface area contributed by atoms with Crippen molar-refractivity contribution in [2.45, 2.75) is 25.7 Å². The van der Waals surface area contributed by atoms with Gasteiger partial charge in [0.2, 0.25) is 0 Å². The Kier molecular flexibility index (Phi) is 2.41. The van der Waals surface area contributed by atoms with Gasteiger partial charge >= 0.3 is 5.97 Å². The molecular weight excluding hydrogens is 200 g/mol. The van der Waals surface area contributed by atoms with Crippen molar-refractivity contribution in [1.29, 1.82) is 0 Å². The first-order valence-electron chi connectivity index (χ1n) is 4.65. The van der Waals surface area contributed by atoms with Gasteiger partial charge in [-0.05, 0) is 25.7 Å². The molecule has 1 heterocycles. The monoisotopic (exact) mass is 212 g/mol. The fourth-order valence-electron chi connectivity index (χ4n) is 1.32. The van der Waals surface area contributed by atoms with Crippen LogP contribution in [0.2, 0.25) is 0 Å². The van der Waals surface area contributed by atoms with Crippen molar-refractivity contribution in [2.24, 2.45) is 0 Å². The van der Waals surface area contributed by atoms with Crippen LogP contribution in [0.1, 0.15) is 41.0 Å².